The summed E-state index contributed by atoms with van der Waals surface area (Å²) in [6.07, 6.45) is 0. The topological polar surface area (TPSA) is 59.8 Å². The first-order chi connectivity index (χ1) is 12.2. The van der Waals surface area contributed by atoms with Crippen LogP contribution in [0.2, 0.25) is 0 Å². The van der Waals surface area contributed by atoms with E-state index in [4.69, 9.17) is 9.15 Å². The lowest BCUT2D eigenvalue weighted by Gasteiger charge is -2.21. The van der Waals surface area contributed by atoms with Gasteiger partial charge in [-0.05, 0) is 30.7 Å². The molecule has 0 aliphatic heterocycles. The molecule has 0 aliphatic carbocycles. The van der Waals surface area contributed by atoms with Crippen LogP contribution in [0.1, 0.15) is 12.5 Å². The van der Waals surface area contributed by atoms with Gasteiger partial charge in [0.1, 0.15) is 11.3 Å². The fourth-order valence-corrected chi connectivity index (χ4v) is 2.55. The van der Waals surface area contributed by atoms with Crippen LogP contribution in [0.25, 0.3) is 11.0 Å². The van der Waals surface area contributed by atoms with Crippen molar-refractivity contribution in [3.05, 3.63) is 76.6 Å². The second-order valence-corrected chi connectivity index (χ2v) is 5.64. The van der Waals surface area contributed by atoms with Gasteiger partial charge in [0.05, 0.1) is 0 Å². The van der Waals surface area contributed by atoms with Crippen LogP contribution in [-0.2, 0) is 11.3 Å². The zero-order valence-electron chi connectivity index (χ0n) is 14.0. The highest BCUT2D eigenvalue weighted by Gasteiger charge is 2.13. The molecule has 25 heavy (non-hydrogen) atoms. The van der Waals surface area contributed by atoms with E-state index >= 15 is 0 Å². The molecule has 128 valence electrons. The number of nitrogens with zero attached hydrogens (tertiary/aromatic N) is 1. The average molecular weight is 337 g/mol. The molecule has 0 bridgehead atoms. The van der Waals surface area contributed by atoms with Crippen LogP contribution in [0.3, 0.4) is 0 Å². The molecule has 5 nitrogen and oxygen atoms in total. The van der Waals surface area contributed by atoms with E-state index < -0.39 is 5.63 Å². The van der Waals surface area contributed by atoms with Crippen molar-refractivity contribution in [3.8, 4) is 5.75 Å². The summed E-state index contributed by atoms with van der Waals surface area (Å²) in [6.45, 7) is 3.02. The second-order valence-electron chi connectivity index (χ2n) is 5.64. The first-order valence-corrected chi connectivity index (χ1v) is 8.14. The van der Waals surface area contributed by atoms with E-state index in [-0.39, 0.29) is 12.5 Å². The van der Waals surface area contributed by atoms with Gasteiger partial charge < -0.3 is 14.1 Å². The molecule has 0 radical (unpaired) electrons. The molecular weight excluding hydrogens is 318 g/mol. The van der Waals surface area contributed by atoms with Crippen molar-refractivity contribution in [1.82, 2.24) is 4.90 Å². The Morgan fingerprint density at radius 3 is 2.60 bits per heavy atom. The first kappa shape index (κ1) is 16.8. The van der Waals surface area contributed by atoms with Gasteiger partial charge in [0.2, 0.25) is 0 Å². The molecule has 0 N–H and O–H groups in total. The van der Waals surface area contributed by atoms with Crippen molar-refractivity contribution in [1.29, 1.82) is 0 Å². The molecule has 0 spiro atoms. The highest BCUT2D eigenvalue weighted by atomic mass is 16.5. The van der Waals surface area contributed by atoms with Gasteiger partial charge in [0, 0.05) is 30.6 Å². The van der Waals surface area contributed by atoms with E-state index in [1.54, 1.807) is 29.2 Å². The quantitative estimate of drug-likeness (QED) is 0.648. The molecule has 3 aromatic rings. The summed E-state index contributed by atoms with van der Waals surface area (Å²) in [7, 11) is 0. The predicted molar refractivity (Wildman–Crippen MR) is 95.5 cm³/mol. The molecule has 5 heteroatoms. The van der Waals surface area contributed by atoms with Crippen LogP contribution in [0.5, 0.6) is 5.75 Å². The van der Waals surface area contributed by atoms with E-state index in [1.165, 1.54) is 6.07 Å². The number of fused-ring (bicyclic) bond motifs is 1. The normalized spacial score (nSPS) is 10.6. The number of amides is 1. The summed E-state index contributed by atoms with van der Waals surface area (Å²) in [5.41, 5.74) is 1.10. The number of carbonyl (C=O) groups is 1. The van der Waals surface area contributed by atoms with Gasteiger partial charge in [-0.1, -0.05) is 30.3 Å². The third-order valence-electron chi connectivity index (χ3n) is 3.91. The Morgan fingerprint density at radius 1 is 1.08 bits per heavy atom. The van der Waals surface area contributed by atoms with Crippen molar-refractivity contribution in [3.63, 3.8) is 0 Å². The number of carbonyl (C=O) groups excluding carboxylic acids is 1. The van der Waals surface area contributed by atoms with Gasteiger partial charge in [-0.15, -0.1) is 0 Å². The van der Waals surface area contributed by atoms with Crippen LogP contribution in [0, 0.1) is 0 Å². The zero-order valence-corrected chi connectivity index (χ0v) is 14.0. The fraction of sp³-hybridized carbons (Fsp3) is 0.200. The zero-order chi connectivity index (χ0) is 17.6. The van der Waals surface area contributed by atoms with Gasteiger partial charge in [-0.2, -0.15) is 0 Å². The minimum atomic E-state index is -0.416. The van der Waals surface area contributed by atoms with Crippen molar-refractivity contribution in [2.75, 3.05) is 13.2 Å². The Labute approximate surface area is 145 Å². The van der Waals surface area contributed by atoms with Crippen molar-refractivity contribution < 1.29 is 13.9 Å². The van der Waals surface area contributed by atoms with Crippen LogP contribution in [-0.4, -0.2) is 24.0 Å². The highest BCUT2D eigenvalue weighted by molar-refractivity contribution is 5.79. The monoisotopic (exact) mass is 337 g/mol. The van der Waals surface area contributed by atoms with E-state index in [0.29, 0.717) is 24.4 Å². The van der Waals surface area contributed by atoms with Crippen LogP contribution >= 0.6 is 0 Å². The Balaban J connectivity index is 1.65. The van der Waals surface area contributed by atoms with Crippen LogP contribution in [0.4, 0.5) is 0 Å². The van der Waals surface area contributed by atoms with E-state index in [9.17, 15) is 9.59 Å². The number of rotatable bonds is 6. The van der Waals surface area contributed by atoms with Gasteiger partial charge >= 0.3 is 5.63 Å². The molecule has 0 fully saturated rings. The van der Waals surface area contributed by atoms with E-state index in [2.05, 4.69) is 0 Å². The summed E-state index contributed by atoms with van der Waals surface area (Å²) in [5, 5.41) is 0.803. The smallest absolute Gasteiger partial charge is 0.336 e. The molecule has 0 unspecified atom stereocenters. The molecule has 1 amide bonds. The lowest BCUT2D eigenvalue weighted by molar-refractivity contribution is -0.133. The van der Waals surface area contributed by atoms with E-state index in [0.717, 1.165) is 10.9 Å². The summed E-state index contributed by atoms with van der Waals surface area (Å²) < 4.78 is 10.7. The Bertz CT molecular complexity index is 918. The van der Waals surface area contributed by atoms with Crippen molar-refractivity contribution in [2.45, 2.75) is 13.5 Å². The third-order valence-corrected chi connectivity index (χ3v) is 3.91. The molecule has 0 saturated heterocycles. The number of hydrogen-bond acceptors (Lipinski definition) is 4. The number of likely N-dealkylation sites (N-methyl/N-ethyl adjacent to an activating group) is 1. The molecule has 0 atom stereocenters. The molecule has 0 aliphatic rings. The SMILES string of the molecule is CCN(Cc1ccccc1)C(=O)COc1ccc2ccc(=O)oc2c1. The lowest BCUT2D eigenvalue weighted by Crippen LogP contribution is -2.34. The summed E-state index contributed by atoms with van der Waals surface area (Å²) in [4.78, 5) is 25.4. The Kier molecular flexibility index (Phi) is 5.14. The molecule has 1 heterocycles. The van der Waals surface area contributed by atoms with Crippen molar-refractivity contribution in [2.24, 2.45) is 0 Å². The second kappa shape index (κ2) is 7.66. The van der Waals surface area contributed by atoms with Crippen LogP contribution in [0.15, 0.2) is 69.9 Å². The first-order valence-electron chi connectivity index (χ1n) is 8.14. The lowest BCUT2D eigenvalue weighted by atomic mass is 10.2. The molecule has 0 saturated carbocycles. The number of hydrogen-bond donors (Lipinski definition) is 0. The maximum absolute atomic E-state index is 12.4. The molecule has 2 aromatic carbocycles. The van der Waals surface area contributed by atoms with Crippen molar-refractivity contribution >= 4 is 16.9 Å². The fourth-order valence-electron chi connectivity index (χ4n) is 2.55. The molecule has 3 rings (SSSR count). The Hall–Kier alpha value is -3.08. The number of benzene rings is 2. The minimum Gasteiger partial charge on any atom is -0.484 e. The maximum atomic E-state index is 12.4. The van der Waals surface area contributed by atoms with Gasteiger partial charge in [0.15, 0.2) is 6.61 Å². The maximum Gasteiger partial charge on any atom is 0.336 e. The number of ether oxygens (including phenoxy) is 1. The van der Waals surface area contributed by atoms with E-state index in [1.807, 2.05) is 37.3 Å². The Morgan fingerprint density at radius 2 is 1.84 bits per heavy atom. The van der Waals surface area contributed by atoms with Gasteiger partial charge in [0.25, 0.3) is 5.91 Å². The standard InChI is InChI=1S/C20H19NO4/c1-2-21(13-15-6-4-3-5-7-15)19(22)14-24-17-10-8-16-9-11-20(23)25-18(16)12-17/h3-12H,2,13-14H2,1H3. The summed E-state index contributed by atoms with van der Waals surface area (Å²) >= 11 is 0. The summed E-state index contributed by atoms with van der Waals surface area (Å²) in [5.74, 6) is 0.395. The van der Waals surface area contributed by atoms with Gasteiger partial charge in [-0.25, -0.2) is 4.79 Å². The molecule has 1 aromatic heterocycles. The molecular formula is C20H19NO4. The predicted octanol–water partition coefficient (Wildman–Crippen LogP) is 3.22. The largest absolute Gasteiger partial charge is 0.484 e. The van der Waals surface area contributed by atoms with Crippen LogP contribution < -0.4 is 10.4 Å². The summed E-state index contributed by atoms with van der Waals surface area (Å²) in [6, 6.07) is 18.1. The van der Waals surface area contributed by atoms with Gasteiger partial charge in [-0.3, -0.25) is 4.79 Å². The average Bonchev–Trinajstić information content (AvgIpc) is 2.64. The minimum absolute atomic E-state index is 0.0662. The third kappa shape index (κ3) is 4.26. The highest BCUT2D eigenvalue weighted by Crippen LogP contribution is 2.19.